The van der Waals surface area contributed by atoms with Gasteiger partial charge in [-0.3, -0.25) is 18.9 Å². The van der Waals surface area contributed by atoms with Crippen molar-refractivity contribution in [3.05, 3.63) is 44.7 Å². The Hall–Kier alpha value is -2.27. The Balaban J connectivity index is 1.89. The molecule has 34 heavy (non-hydrogen) atoms. The second-order valence-corrected chi connectivity index (χ2v) is 9.82. The average molecular weight is 505 g/mol. The van der Waals surface area contributed by atoms with Crippen LogP contribution in [-0.4, -0.2) is 63.5 Å². The van der Waals surface area contributed by atoms with Gasteiger partial charge >= 0.3 is 0 Å². The molecule has 0 atom stereocenters. The molecule has 8 nitrogen and oxygen atoms in total. The molecule has 0 radical (unpaired) electrons. The van der Waals surface area contributed by atoms with Gasteiger partial charge in [-0.05, 0) is 58.2 Å². The lowest BCUT2D eigenvalue weighted by Crippen LogP contribution is -2.29. The number of nitrogens with one attached hydrogen (secondary N) is 1. The minimum absolute atomic E-state index is 0.164. The van der Waals surface area contributed by atoms with Crippen molar-refractivity contribution in [2.45, 2.75) is 46.6 Å². The number of fused-ring (bicyclic) bond motifs is 1. The number of aromatic nitrogens is 2. The number of hydrogen-bond acceptors (Lipinski definition) is 8. The number of nitrogens with zero attached hydrogens (tertiary/aromatic N) is 3. The summed E-state index contributed by atoms with van der Waals surface area (Å²) in [6, 6.07) is 3.72. The van der Waals surface area contributed by atoms with Gasteiger partial charge in [-0.25, -0.2) is 4.98 Å². The number of hydrogen-bond donors (Lipinski definition) is 1. The van der Waals surface area contributed by atoms with Crippen LogP contribution >= 0.6 is 24.0 Å². The summed E-state index contributed by atoms with van der Waals surface area (Å²) in [6.07, 6.45) is 4.91. The van der Waals surface area contributed by atoms with E-state index in [1.54, 1.807) is 17.2 Å². The first-order valence-electron chi connectivity index (χ1n) is 11.5. The van der Waals surface area contributed by atoms with E-state index in [-0.39, 0.29) is 17.6 Å². The fourth-order valence-electron chi connectivity index (χ4n) is 3.47. The zero-order valence-electron chi connectivity index (χ0n) is 20.1. The van der Waals surface area contributed by atoms with Gasteiger partial charge in [0.15, 0.2) is 0 Å². The molecule has 2 aromatic heterocycles. The largest absolute Gasteiger partial charge is 0.382 e. The Morgan fingerprint density at radius 3 is 2.79 bits per heavy atom. The smallest absolute Gasteiger partial charge is 0.267 e. The van der Waals surface area contributed by atoms with Crippen LogP contribution in [0.15, 0.2) is 28.0 Å². The molecule has 1 amide bonds. The maximum absolute atomic E-state index is 13.4. The Labute approximate surface area is 209 Å². The molecular weight excluding hydrogens is 472 g/mol. The molecule has 1 aliphatic rings. The number of ether oxygens (including phenoxy) is 2. The molecule has 184 valence electrons. The third kappa shape index (κ3) is 6.44. The highest BCUT2D eigenvalue weighted by Crippen LogP contribution is 2.33. The van der Waals surface area contributed by atoms with Crippen LogP contribution in [0.4, 0.5) is 5.82 Å². The molecule has 0 unspecified atom stereocenters. The summed E-state index contributed by atoms with van der Waals surface area (Å²) in [5, 5.41) is 3.27. The lowest BCUT2D eigenvalue weighted by molar-refractivity contribution is -0.122. The first kappa shape index (κ1) is 26.3. The van der Waals surface area contributed by atoms with Gasteiger partial charge in [0.25, 0.3) is 11.5 Å². The van der Waals surface area contributed by atoms with Crippen LogP contribution in [0.2, 0.25) is 0 Å². The predicted molar refractivity (Wildman–Crippen MR) is 141 cm³/mol. The summed E-state index contributed by atoms with van der Waals surface area (Å²) in [6.45, 7) is 10.7. The van der Waals surface area contributed by atoms with Gasteiger partial charge in [0.1, 0.15) is 15.8 Å². The highest BCUT2D eigenvalue weighted by atomic mass is 32.2. The summed E-state index contributed by atoms with van der Waals surface area (Å²) in [4.78, 5) is 33.2. The number of pyridine rings is 1. The van der Waals surface area contributed by atoms with Crippen LogP contribution in [0, 0.1) is 6.92 Å². The standard InChI is InChI=1S/C24H32N4O4S2/c1-5-31-13-8-12-28-23(30)19(34-24(28)33)15-18-20(25-10-7-14-32-16(2)3)26-21-17(4)9-6-11-27(21)22(18)29/h6,9,11,15-16,25H,5,7-8,10,12-14H2,1-4H3. The highest BCUT2D eigenvalue weighted by molar-refractivity contribution is 8.26. The van der Waals surface area contributed by atoms with Crippen molar-refractivity contribution in [2.24, 2.45) is 0 Å². The van der Waals surface area contributed by atoms with Gasteiger partial charge in [0.05, 0.1) is 16.6 Å². The number of thioether (sulfide) groups is 1. The predicted octanol–water partition coefficient (Wildman–Crippen LogP) is 3.86. The Bertz CT molecular complexity index is 1130. The van der Waals surface area contributed by atoms with E-state index in [4.69, 9.17) is 26.7 Å². The highest BCUT2D eigenvalue weighted by Gasteiger charge is 2.32. The van der Waals surface area contributed by atoms with Crippen molar-refractivity contribution in [3.63, 3.8) is 0 Å². The summed E-state index contributed by atoms with van der Waals surface area (Å²) >= 11 is 6.63. The van der Waals surface area contributed by atoms with Gasteiger partial charge < -0.3 is 14.8 Å². The average Bonchev–Trinajstić information content (AvgIpc) is 3.06. The van der Waals surface area contributed by atoms with Crippen molar-refractivity contribution in [1.82, 2.24) is 14.3 Å². The molecule has 1 saturated heterocycles. The number of anilines is 1. The SMILES string of the molecule is CCOCCCN1C(=O)C(=Cc2c(NCCCOC(C)C)nc3c(C)cccn3c2=O)SC1=S. The van der Waals surface area contributed by atoms with Crippen molar-refractivity contribution in [3.8, 4) is 0 Å². The van der Waals surface area contributed by atoms with Gasteiger partial charge in [-0.1, -0.05) is 30.0 Å². The van der Waals surface area contributed by atoms with Gasteiger partial charge in [-0.2, -0.15) is 0 Å². The van der Waals surface area contributed by atoms with E-state index in [1.165, 1.54) is 16.2 Å². The topological polar surface area (TPSA) is 85.2 Å². The Morgan fingerprint density at radius 1 is 1.26 bits per heavy atom. The molecule has 10 heteroatoms. The molecule has 0 aromatic carbocycles. The maximum Gasteiger partial charge on any atom is 0.267 e. The van der Waals surface area contributed by atoms with Crippen LogP contribution < -0.4 is 10.9 Å². The Morgan fingerprint density at radius 2 is 2.06 bits per heavy atom. The number of rotatable bonds is 12. The molecular formula is C24H32N4O4S2. The van der Waals surface area contributed by atoms with Crippen LogP contribution in [0.5, 0.6) is 0 Å². The molecule has 1 fully saturated rings. The number of aryl methyl sites for hydroxylation is 1. The van der Waals surface area contributed by atoms with Crippen LogP contribution in [0.25, 0.3) is 11.7 Å². The van der Waals surface area contributed by atoms with Crippen molar-refractivity contribution in [2.75, 3.05) is 38.2 Å². The molecule has 1 aliphatic heterocycles. The zero-order chi connectivity index (χ0) is 24.7. The minimum atomic E-state index is -0.240. The van der Waals surface area contributed by atoms with Crippen molar-refractivity contribution >= 4 is 51.7 Å². The second-order valence-electron chi connectivity index (χ2n) is 8.15. The summed E-state index contributed by atoms with van der Waals surface area (Å²) < 4.78 is 13.0. The third-order valence-corrected chi connectivity index (χ3v) is 6.55. The normalized spacial score (nSPS) is 15.3. The third-order valence-electron chi connectivity index (χ3n) is 5.17. The van der Waals surface area contributed by atoms with Crippen molar-refractivity contribution < 1.29 is 14.3 Å². The molecule has 0 aliphatic carbocycles. The fraction of sp³-hybridized carbons (Fsp3) is 0.500. The van der Waals surface area contributed by atoms with Crippen LogP contribution in [0.3, 0.4) is 0 Å². The van der Waals surface area contributed by atoms with Crippen LogP contribution in [-0.2, 0) is 14.3 Å². The molecule has 0 saturated carbocycles. The first-order valence-corrected chi connectivity index (χ1v) is 12.8. The van der Waals surface area contributed by atoms with E-state index >= 15 is 0 Å². The molecule has 1 N–H and O–H groups in total. The molecule has 3 heterocycles. The van der Waals surface area contributed by atoms with E-state index in [0.29, 0.717) is 65.6 Å². The maximum atomic E-state index is 13.4. The van der Waals surface area contributed by atoms with Gasteiger partial charge in [0, 0.05) is 39.1 Å². The Kier molecular flexibility index (Phi) is 9.63. The van der Waals surface area contributed by atoms with E-state index in [1.807, 2.05) is 39.8 Å². The second kappa shape index (κ2) is 12.4. The minimum Gasteiger partial charge on any atom is -0.382 e. The zero-order valence-corrected chi connectivity index (χ0v) is 21.8. The molecule has 3 rings (SSSR count). The number of thiocarbonyl (C=S) groups is 1. The van der Waals surface area contributed by atoms with E-state index in [0.717, 1.165) is 12.0 Å². The van der Waals surface area contributed by atoms with Crippen molar-refractivity contribution in [1.29, 1.82) is 0 Å². The summed E-state index contributed by atoms with van der Waals surface area (Å²) in [7, 11) is 0. The van der Waals surface area contributed by atoms with Gasteiger partial charge in [0.2, 0.25) is 0 Å². The first-order chi connectivity index (χ1) is 16.3. The monoisotopic (exact) mass is 504 g/mol. The lowest BCUT2D eigenvalue weighted by atomic mass is 10.2. The lowest BCUT2D eigenvalue weighted by Gasteiger charge is -2.14. The van der Waals surface area contributed by atoms with E-state index < -0.39 is 0 Å². The van der Waals surface area contributed by atoms with E-state index in [9.17, 15) is 9.59 Å². The summed E-state index contributed by atoms with van der Waals surface area (Å²) in [5.74, 6) is 0.252. The number of carbonyl (C=O) groups is 1. The summed E-state index contributed by atoms with van der Waals surface area (Å²) in [5.41, 5.74) is 1.56. The molecule has 2 aromatic rings. The molecule has 0 bridgehead atoms. The fourth-order valence-corrected chi connectivity index (χ4v) is 4.76. The van der Waals surface area contributed by atoms with Gasteiger partial charge in [-0.15, -0.1) is 0 Å². The molecule has 0 spiro atoms. The number of amides is 1. The number of carbonyl (C=O) groups excluding carboxylic acids is 1. The van der Waals surface area contributed by atoms with E-state index in [2.05, 4.69) is 5.32 Å². The quantitative estimate of drug-likeness (QED) is 0.265. The van der Waals surface area contributed by atoms with Crippen LogP contribution in [0.1, 0.15) is 44.7 Å².